The van der Waals surface area contributed by atoms with Crippen molar-refractivity contribution >= 4 is 11.3 Å². The van der Waals surface area contributed by atoms with Crippen LogP contribution in [0.15, 0.2) is 23.0 Å². The molecule has 0 aromatic carbocycles. The summed E-state index contributed by atoms with van der Waals surface area (Å²) in [5.74, 6) is 0. The van der Waals surface area contributed by atoms with Gasteiger partial charge in [0.15, 0.2) is 0 Å². The third-order valence-corrected chi connectivity index (χ3v) is 2.86. The first kappa shape index (κ1) is 10.3. The molecule has 0 fully saturated rings. The minimum absolute atomic E-state index is 0.424. The molecule has 2 aromatic rings. The summed E-state index contributed by atoms with van der Waals surface area (Å²) in [4.78, 5) is 0. The smallest absolute Gasteiger partial charge is 0.102 e. The Hall–Kier alpha value is -1.20. The Morgan fingerprint density at radius 3 is 2.87 bits per heavy atom. The molecule has 0 aliphatic heterocycles. The molecule has 0 radical (unpaired) electrons. The number of thiophene rings is 1. The highest BCUT2D eigenvalue weighted by Gasteiger charge is 2.18. The van der Waals surface area contributed by atoms with Gasteiger partial charge < -0.3 is 5.73 Å². The van der Waals surface area contributed by atoms with Crippen LogP contribution in [-0.4, -0.2) is 15.0 Å². The quantitative estimate of drug-likeness (QED) is 0.857. The summed E-state index contributed by atoms with van der Waals surface area (Å²) < 4.78 is 1.81. The van der Waals surface area contributed by atoms with E-state index in [-0.39, 0.29) is 0 Å². The van der Waals surface area contributed by atoms with E-state index in [1.54, 1.807) is 11.3 Å². The van der Waals surface area contributed by atoms with E-state index in [2.05, 4.69) is 27.1 Å². The zero-order valence-corrected chi connectivity index (χ0v) is 9.66. The molecule has 0 aliphatic rings. The largest absolute Gasteiger partial charge is 0.320 e. The molecule has 5 heteroatoms. The number of hydrogen-bond acceptors (Lipinski definition) is 4. The van der Waals surface area contributed by atoms with E-state index in [1.807, 2.05) is 24.7 Å². The molecular weight excluding hydrogens is 208 g/mol. The van der Waals surface area contributed by atoms with Crippen LogP contribution in [0.25, 0.3) is 0 Å². The van der Waals surface area contributed by atoms with E-state index in [9.17, 15) is 0 Å². The van der Waals surface area contributed by atoms with Crippen LogP contribution >= 0.6 is 11.3 Å². The Labute approximate surface area is 92.7 Å². The maximum Gasteiger partial charge on any atom is 0.102 e. The first-order valence-electron chi connectivity index (χ1n) is 4.76. The average Bonchev–Trinajstić information content (AvgIpc) is 2.73. The van der Waals surface area contributed by atoms with Gasteiger partial charge in [-0.15, -0.1) is 5.10 Å². The molecule has 0 spiro atoms. The van der Waals surface area contributed by atoms with E-state index >= 15 is 0 Å². The first-order chi connectivity index (χ1) is 7.05. The third kappa shape index (κ3) is 2.43. The van der Waals surface area contributed by atoms with Crippen molar-refractivity contribution in [2.75, 3.05) is 0 Å². The number of nitrogens with two attached hydrogens (primary N) is 1. The monoisotopic (exact) mass is 222 g/mol. The van der Waals surface area contributed by atoms with Crippen LogP contribution in [0.2, 0.25) is 0 Å². The van der Waals surface area contributed by atoms with Crippen LogP contribution in [0.3, 0.4) is 0 Å². The highest BCUT2D eigenvalue weighted by molar-refractivity contribution is 7.07. The minimum Gasteiger partial charge on any atom is -0.320 e. The van der Waals surface area contributed by atoms with Gasteiger partial charge in [0.05, 0.1) is 18.3 Å². The number of rotatable bonds is 3. The number of aromatic nitrogens is 3. The van der Waals surface area contributed by atoms with Gasteiger partial charge in [0, 0.05) is 0 Å². The van der Waals surface area contributed by atoms with E-state index in [4.69, 9.17) is 5.73 Å². The van der Waals surface area contributed by atoms with Crippen LogP contribution in [0.1, 0.15) is 25.1 Å². The van der Waals surface area contributed by atoms with Crippen molar-refractivity contribution in [1.82, 2.24) is 15.0 Å². The predicted octanol–water partition coefficient (Wildman–Crippen LogP) is 1.58. The molecule has 2 rings (SSSR count). The molecule has 0 amide bonds. The molecule has 2 heterocycles. The van der Waals surface area contributed by atoms with Gasteiger partial charge in [-0.05, 0) is 36.2 Å². The van der Waals surface area contributed by atoms with Gasteiger partial charge in [0.25, 0.3) is 0 Å². The lowest BCUT2D eigenvalue weighted by Crippen LogP contribution is -2.29. The van der Waals surface area contributed by atoms with Crippen LogP contribution in [-0.2, 0) is 12.1 Å². The lowest BCUT2D eigenvalue weighted by atomic mass is 10.0. The van der Waals surface area contributed by atoms with Gasteiger partial charge in [0.1, 0.15) is 5.69 Å². The second kappa shape index (κ2) is 3.75. The van der Waals surface area contributed by atoms with Crippen molar-refractivity contribution in [3.63, 3.8) is 0 Å². The summed E-state index contributed by atoms with van der Waals surface area (Å²) in [6.45, 7) is 4.60. The Bertz CT molecular complexity index is 424. The highest BCUT2D eigenvalue weighted by Crippen LogP contribution is 2.13. The summed E-state index contributed by atoms with van der Waals surface area (Å²) in [6, 6.07) is 2.08. The van der Waals surface area contributed by atoms with E-state index in [0.717, 1.165) is 12.2 Å². The van der Waals surface area contributed by atoms with Crippen molar-refractivity contribution in [2.45, 2.75) is 25.9 Å². The summed E-state index contributed by atoms with van der Waals surface area (Å²) >= 11 is 1.68. The van der Waals surface area contributed by atoms with Gasteiger partial charge in [-0.2, -0.15) is 11.3 Å². The maximum atomic E-state index is 5.93. The van der Waals surface area contributed by atoms with Gasteiger partial charge >= 0.3 is 0 Å². The summed E-state index contributed by atoms with van der Waals surface area (Å²) in [7, 11) is 0. The van der Waals surface area contributed by atoms with E-state index in [0.29, 0.717) is 0 Å². The van der Waals surface area contributed by atoms with Crippen molar-refractivity contribution in [3.8, 4) is 0 Å². The SMILES string of the molecule is CC(C)(N)c1cn(Cc2ccsc2)nn1. The predicted molar refractivity (Wildman–Crippen MR) is 60.7 cm³/mol. The normalized spacial score (nSPS) is 11.9. The molecule has 0 unspecified atom stereocenters. The molecule has 4 nitrogen and oxygen atoms in total. The Morgan fingerprint density at radius 1 is 1.53 bits per heavy atom. The second-order valence-electron chi connectivity index (χ2n) is 4.15. The molecule has 0 saturated carbocycles. The molecule has 0 saturated heterocycles. The zero-order chi connectivity index (χ0) is 10.9. The highest BCUT2D eigenvalue weighted by atomic mass is 32.1. The molecule has 0 aliphatic carbocycles. The Kier molecular flexibility index (Phi) is 2.58. The average molecular weight is 222 g/mol. The van der Waals surface area contributed by atoms with Gasteiger partial charge in [-0.1, -0.05) is 5.21 Å². The zero-order valence-electron chi connectivity index (χ0n) is 8.84. The maximum absolute atomic E-state index is 5.93. The molecule has 0 bridgehead atoms. The molecule has 15 heavy (non-hydrogen) atoms. The van der Waals surface area contributed by atoms with E-state index < -0.39 is 5.54 Å². The van der Waals surface area contributed by atoms with Crippen molar-refractivity contribution in [1.29, 1.82) is 0 Å². The van der Waals surface area contributed by atoms with Crippen LogP contribution in [0, 0.1) is 0 Å². The standard InChI is InChI=1S/C10H14N4S/c1-10(2,11)9-6-14(13-12-9)5-8-3-4-15-7-8/h3-4,6-7H,5,11H2,1-2H3. The van der Waals surface area contributed by atoms with Crippen molar-refractivity contribution in [3.05, 3.63) is 34.3 Å². The molecule has 0 atom stereocenters. The molecular formula is C10H14N4S. The van der Waals surface area contributed by atoms with Gasteiger partial charge in [-0.3, -0.25) is 0 Å². The summed E-state index contributed by atoms with van der Waals surface area (Å²) in [5, 5.41) is 12.3. The lowest BCUT2D eigenvalue weighted by Gasteiger charge is -2.13. The fraction of sp³-hybridized carbons (Fsp3) is 0.400. The van der Waals surface area contributed by atoms with Crippen molar-refractivity contribution < 1.29 is 0 Å². The summed E-state index contributed by atoms with van der Waals surface area (Å²) in [6.07, 6.45) is 1.90. The number of nitrogens with zero attached hydrogens (tertiary/aromatic N) is 3. The molecule has 2 N–H and O–H groups in total. The van der Waals surface area contributed by atoms with E-state index in [1.165, 1.54) is 5.56 Å². The Morgan fingerprint density at radius 2 is 2.33 bits per heavy atom. The first-order valence-corrected chi connectivity index (χ1v) is 5.70. The van der Waals surface area contributed by atoms with Crippen LogP contribution in [0.5, 0.6) is 0 Å². The number of hydrogen-bond donors (Lipinski definition) is 1. The van der Waals surface area contributed by atoms with Crippen molar-refractivity contribution in [2.24, 2.45) is 5.73 Å². The molecule has 80 valence electrons. The third-order valence-electron chi connectivity index (χ3n) is 2.12. The fourth-order valence-electron chi connectivity index (χ4n) is 1.24. The summed E-state index contributed by atoms with van der Waals surface area (Å²) in [5.41, 5.74) is 7.57. The fourth-order valence-corrected chi connectivity index (χ4v) is 1.90. The molecule has 2 aromatic heterocycles. The second-order valence-corrected chi connectivity index (χ2v) is 4.93. The van der Waals surface area contributed by atoms with Gasteiger partial charge in [-0.25, -0.2) is 4.68 Å². The topological polar surface area (TPSA) is 56.7 Å². The van der Waals surface area contributed by atoms with Crippen LogP contribution in [0.4, 0.5) is 0 Å². The minimum atomic E-state index is -0.424. The van der Waals surface area contributed by atoms with Crippen LogP contribution < -0.4 is 5.73 Å². The van der Waals surface area contributed by atoms with Gasteiger partial charge in [0.2, 0.25) is 0 Å². The Balaban J connectivity index is 2.15. The lowest BCUT2D eigenvalue weighted by molar-refractivity contribution is 0.533.